The highest BCUT2D eigenvalue weighted by Crippen LogP contribution is 2.25. The summed E-state index contributed by atoms with van der Waals surface area (Å²) in [5.74, 6) is -1.02. The van der Waals surface area contributed by atoms with E-state index < -0.39 is 18.0 Å². The van der Waals surface area contributed by atoms with Gasteiger partial charge in [0.1, 0.15) is 0 Å². The second-order valence-electron chi connectivity index (χ2n) is 5.48. The molecule has 2 aromatic carbocycles. The fourth-order valence-corrected chi connectivity index (χ4v) is 2.60. The number of amides is 1. The second-order valence-corrected chi connectivity index (χ2v) is 6.32. The normalized spacial score (nSPS) is 11.7. The number of nitrogens with one attached hydrogen (secondary N) is 1. The molecule has 0 saturated heterocycles. The number of esters is 1. The van der Waals surface area contributed by atoms with Gasteiger partial charge in [0.05, 0.1) is 16.3 Å². The quantitative estimate of drug-likeness (QED) is 0.792. The van der Waals surface area contributed by atoms with Crippen LogP contribution in [0, 0.1) is 13.8 Å². The van der Waals surface area contributed by atoms with E-state index in [1.165, 1.54) is 13.0 Å². The molecule has 0 radical (unpaired) electrons. The van der Waals surface area contributed by atoms with Crippen molar-refractivity contribution in [3.8, 4) is 0 Å². The van der Waals surface area contributed by atoms with Gasteiger partial charge in [-0.25, -0.2) is 4.79 Å². The largest absolute Gasteiger partial charge is 0.449 e. The summed E-state index contributed by atoms with van der Waals surface area (Å²) in [7, 11) is 0. The number of hydrogen-bond donors (Lipinski definition) is 1. The van der Waals surface area contributed by atoms with Gasteiger partial charge in [0.15, 0.2) is 6.10 Å². The molecule has 1 N–H and O–H groups in total. The Morgan fingerprint density at radius 1 is 1.08 bits per heavy atom. The molecule has 4 nitrogen and oxygen atoms in total. The van der Waals surface area contributed by atoms with Gasteiger partial charge >= 0.3 is 5.97 Å². The zero-order valence-corrected chi connectivity index (χ0v) is 15.0. The zero-order valence-electron chi connectivity index (χ0n) is 13.5. The van der Waals surface area contributed by atoms with Gasteiger partial charge < -0.3 is 10.1 Å². The van der Waals surface area contributed by atoms with Gasteiger partial charge in [0.25, 0.3) is 5.91 Å². The molecule has 0 aromatic heterocycles. The summed E-state index contributed by atoms with van der Waals surface area (Å²) in [6.07, 6.45) is -0.968. The highest BCUT2D eigenvalue weighted by molar-refractivity contribution is 6.36. The van der Waals surface area contributed by atoms with E-state index in [1.54, 1.807) is 18.2 Å². The molecule has 0 heterocycles. The molecule has 0 aliphatic rings. The number of ether oxygens (including phenoxy) is 1. The second kappa shape index (κ2) is 7.69. The van der Waals surface area contributed by atoms with E-state index in [0.29, 0.717) is 21.3 Å². The third-order valence-corrected chi connectivity index (χ3v) is 3.99. The molecule has 1 amide bonds. The first-order chi connectivity index (χ1) is 11.3. The van der Waals surface area contributed by atoms with Crippen molar-refractivity contribution in [3.63, 3.8) is 0 Å². The van der Waals surface area contributed by atoms with E-state index in [4.69, 9.17) is 27.9 Å². The number of carbonyl (C=O) groups is 2. The van der Waals surface area contributed by atoms with Crippen molar-refractivity contribution in [2.24, 2.45) is 0 Å². The number of aryl methyl sites for hydroxylation is 2. The maximum atomic E-state index is 12.2. The Morgan fingerprint density at radius 3 is 2.42 bits per heavy atom. The average molecular weight is 366 g/mol. The van der Waals surface area contributed by atoms with E-state index >= 15 is 0 Å². The van der Waals surface area contributed by atoms with E-state index in [2.05, 4.69) is 5.32 Å². The minimum Gasteiger partial charge on any atom is -0.449 e. The van der Waals surface area contributed by atoms with Gasteiger partial charge in [-0.05, 0) is 50.6 Å². The first kappa shape index (κ1) is 18.3. The molecule has 1 atom stereocenters. The van der Waals surface area contributed by atoms with Crippen LogP contribution < -0.4 is 5.32 Å². The lowest BCUT2D eigenvalue weighted by atomic mass is 10.1. The van der Waals surface area contributed by atoms with Gasteiger partial charge in [-0.1, -0.05) is 40.9 Å². The van der Waals surface area contributed by atoms with Crippen LogP contribution in [-0.2, 0) is 9.53 Å². The standard InChI is InChI=1S/C18H17Cl2NO3/c1-10-4-6-14(11(2)8-10)18(23)24-12(3)17(22)21-16-7-5-13(19)9-15(16)20/h4-9,12H,1-3H3,(H,21,22)/t12-/m1/s1. The van der Waals surface area contributed by atoms with E-state index in [1.807, 2.05) is 26.0 Å². The van der Waals surface area contributed by atoms with Crippen molar-refractivity contribution in [3.05, 3.63) is 63.1 Å². The maximum absolute atomic E-state index is 12.2. The van der Waals surface area contributed by atoms with Crippen LogP contribution in [0.25, 0.3) is 0 Å². The lowest BCUT2D eigenvalue weighted by Crippen LogP contribution is -2.30. The van der Waals surface area contributed by atoms with Gasteiger partial charge in [0, 0.05) is 5.02 Å². The first-order valence-corrected chi connectivity index (χ1v) is 8.07. The van der Waals surface area contributed by atoms with Crippen molar-refractivity contribution in [2.45, 2.75) is 26.9 Å². The molecule has 0 saturated carbocycles. The lowest BCUT2D eigenvalue weighted by molar-refractivity contribution is -0.123. The van der Waals surface area contributed by atoms with E-state index in [0.717, 1.165) is 11.1 Å². The SMILES string of the molecule is Cc1ccc(C(=O)O[C@H](C)C(=O)Nc2ccc(Cl)cc2Cl)c(C)c1. The number of halogens is 2. The monoisotopic (exact) mass is 365 g/mol. The maximum Gasteiger partial charge on any atom is 0.339 e. The molecule has 126 valence electrons. The molecule has 0 aliphatic heterocycles. The number of benzene rings is 2. The van der Waals surface area contributed by atoms with Crippen molar-refractivity contribution in [2.75, 3.05) is 5.32 Å². The highest BCUT2D eigenvalue weighted by atomic mass is 35.5. The minimum absolute atomic E-state index is 0.309. The Bertz CT molecular complexity index is 790. The summed E-state index contributed by atoms with van der Waals surface area (Å²) >= 11 is 11.8. The summed E-state index contributed by atoms with van der Waals surface area (Å²) < 4.78 is 5.23. The topological polar surface area (TPSA) is 55.4 Å². The smallest absolute Gasteiger partial charge is 0.339 e. The fraction of sp³-hybridized carbons (Fsp3) is 0.222. The Kier molecular flexibility index (Phi) is 5.86. The van der Waals surface area contributed by atoms with Gasteiger partial charge in [-0.2, -0.15) is 0 Å². The molecular weight excluding hydrogens is 349 g/mol. The lowest BCUT2D eigenvalue weighted by Gasteiger charge is -2.15. The fourth-order valence-electron chi connectivity index (χ4n) is 2.15. The predicted octanol–water partition coefficient (Wildman–Crippen LogP) is 4.79. The van der Waals surface area contributed by atoms with Crippen molar-refractivity contribution >= 4 is 40.8 Å². The zero-order chi connectivity index (χ0) is 17.9. The van der Waals surface area contributed by atoms with Crippen molar-refractivity contribution in [1.29, 1.82) is 0 Å². The van der Waals surface area contributed by atoms with Crippen LogP contribution >= 0.6 is 23.2 Å². The predicted molar refractivity (Wildman–Crippen MR) is 95.9 cm³/mol. The van der Waals surface area contributed by atoms with Crippen LogP contribution in [0.3, 0.4) is 0 Å². The van der Waals surface area contributed by atoms with Gasteiger partial charge in [-0.15, -0.1) is 0 Å². The average Bonchev–Trinajstić information content (AvgIpc) is 2.49. The molecule has 0 fully saturated rings. The molecule has 6 heteroatoms. The summed E-state index contributed by atoms with van der Waals surface area (Å²) in [5, 5.41) is 3.39. The van der Waals surface area contributed by atoms with Crippen LogP contribution in [0.15, 0.2) is 36.4 Å². The molecule has 0 bridgehead atoms. The molecule has 2 aromatic rings. The van der Waals surface area contributed by atoms with E-state index in [9.17, 15) is 9.59 Å². The Balaban J connectivity index is 2.04. The summed E-state index contributed by atoms with van der Waals surface area (Å²) in [5.41, 5.74) is 2.69. The number of carbonyl (C=O) groups excluding carboxylic acids is 2. The van der Waals surface area contributed by atoms with Crippen molar-refractivity contribution in [1.82, 2.24) is 0 Å². The highest BCUT2D eigenvalue weighted by Gasteiger charge is 2.20. The van der Waals surface area contributed by atoms with Crippen molar-refractivity contribution < 1.29 is 14.3 Å². The summed E-state index contributed by atoms with van der Waals surface area (Å²) in [4.78, 5) is 24.4. The Morgan fingerprint density at radius 2 is 1.79 bits per heavy atom. The minimum atomic E-state index is -0.968. The number of anilines is 1. The molecular formula is C18H17Cl2NO3. The first-order valence-electron chi connectivity index (χ1n) is 7.32. The molecule has 24 heavy (non-hydrogen) atoms. The summed E-state index contributed by atoms with van der Waals surface area (Å²) in [6.45, 7) is 5.26. The van der Waals surface area contributed by atoms with Crippen LogP contribution in [-0.4, -0.2) is 18.0 Å². The number of hydrogen-bond acceptors (Lipinski definition) is 3. The van der Waals surface area contributed by atoms with Gasteiger partial charge in [-0.3, -0.25) is 4.79 Å². The van der Waals surface area contributed by atoms with E-state index in [-0.39, 0.29) is 0 Å². The third kappa shape index (κ3) is 4.49. The number of rotatable bonds is 4. The Hall–Kier alpha value is -2.04. The molecule has 0 spiro atoms. The van der Waals surface area contributed by atoms with Crippen LogP contribution in [0.2, 0.25) is 10.0 Å². The summed E-state index contributed by atoms with van der Waals surface area (Å²) in [6, 6.07) is 10.1. The third-order valence-electron chi connectivity index (χ3n) is 3.44. The Labute approximate surface area is 150 Å². The molecule has 0 aliphatic carbocycles. The van der Waals surface area contributed by atoms with Crippen LogP contribution in [0.1, 0.15) is 28.4 Å². The molecule has 0 unspecified atom stereocenters. The van der Waals surface area contributed by atoms with Crippen LogP contribution in [0.4, 0.5) is 5.69 Å². The van der Waals surface area contributed by atoms with Gasteiger partial charge in [0.2, 0.25) is 0 Å². The molecule has 2 rings (SSSR count). The van der Waals surface area contributed by atoms with Crippen LogP contribution in [0.5, 0.6) is 0 Å².